The highest BCUT2D eigenvalue weighted by molar-refractivity contribution is 6.01. The van der Waals surface area contributed by atoms with Crippen molar-refractivity contribution in [1.82, 2.24) is 25.9 Å². The van der Waals surface area contributed by atoms with E-state index in [0.717, 1.165) is 17.8 Å². The third-order valence-electron chi connectivity index (χ3n) is 4.93. The van der Waals surface area contributed by atoms with Gasteiger partial charge in [0.25, 0.3) is 17.7 Å². The molecule has 10 heteroatoms. The molecule has 0 saturated carbocycles. The highest BCUT2D eigenvalue weighted by Gasteiger charge is 2.19. The Balaban J connectivity index is 1.43. The van der Waals surface area contributed by atoms with E-state index in [1.807, 2.05) is 48.5 Å². The monoisotopic (exact) mass is 475 g/mol. The van der Waals surface area contributed by atoms with Crippen LogP contribution in [0.3, 0.4) is 0 Å². The average molecular weight is 475 g/mol. The molecule has 0 atom stereocenters. The Labute approximate surface area is 198 Å². The molecule has 3 amide bonds. The number of hydrogen-bond donors (Lipinski definition) is 3. The number of amides is 3. The van der Waals surface area contributed by atoms with Crippen LogP contribution in [0, 0.1) is 11.6 Å². The van der Waals surface area contributed by atoms with Gasteiger partial charge in [-0.1, -0.05) is 48.5 Å². The summed E-state index contributed by atoms with van der Waals surface area (Å²) >= 11 is 0. The molecule has 0 saturated heterocycles. The maximum Gasteiger partial charge on any atom is 0.273 e. The first-order valence-corrected chi connectivity index (χ1v) is 10.5. The van der Waals surface area contributed by atoms with Crippen molar-refractivity contribution in [2.24, 2.45) is 0 Å². The van der Waals surface area contributed by atoms with Gasteiger partial charge in [0.15, 0.2) is 0 Å². The zero-order valence-electron chi connectivity index (χ0n) is 18.2. The first-order valence-electron chi connectivity index (χ1n) is 10.5. The maximum atomic E-state index is 13.7. The maximum absolute atomic E-state index is 13.7. The number of benzene rings is 3. The number of hydrazine groups is 1. The summed E-state index contributed by atoms with van der Waals surface area (Å²) in [5.74, 6) is -4.18. The zero-order chi connectivity index (χ0) is 24.8. The molecule has 0 aliphatic carbocycles. The Hall–Kier alpha value is -4.86. The minimum Gasteiger partial charge on any atom is -0.343 e. The van der Waals surface area contributed by atoms with Crippen molar-refractivity contribution in [2.45, 2.75) is 0 Å². The number of nitrogens with one attached hydrogen (secondary N) is 3. The van der Waals surface area contributed by atoms with Crippen LogP contribution in [0.2, 0.25) is 0 Å². The quantitative estimate of drug-likeness (QED) is 0.373. The highest BCUT2D eigenvalue weighted by Crippen LogP contribution is 2.23. The Morgan fingerprint density at radius 2 is 1.49 bits per heavy atom. The molecule has 0 spiro atoms. The molecule has 1 aromatic heterocycles. The molecule has 0 unspecified atom stereocenters. The summed E-state index contributed by atoms with van der Waals surface area (Å²) < 4.78 is 28.2. The predicted octanol–water partition coefficient (Wildman–Crippen LogP) is 3.01. The Kier molecular flexibility index (Phi) is 6.91. The van der Waals surface area contributed by atoms with Crippen molar-refractivity contribution in [3.05, 3.63) is 108 Å². The number of para-hydroxylation sites is 1. The van der Waals surface area contributed by atoms with Crippen LogP contribution in [0.25, 0.3) is 16.9 Å². The first-order chi connectivity index (χ1) is 16.9. The van der Waals surface area contributed by atoms with Crippen LogP contribution in [0.1, 0.15) is 20.7 Å². The molecule has 0 fully saturated rings. The topological polar surface area (TPSA) is 105 Å². The van der Waals surface area contributed by atoms with Crippen molar-refractivity contribution in [3.8, 4) is 16.9 Å². The lowest BCUT2D eigenvalue weighted by Gasteiger charge is -2.09. The van der Waals surface area contributed by atoms with Crippen LogP contribution in [-0.2, 0) is 4.79 Å². The molecule has 35 heavy (non-hydrogen) atoms. The van der Waals surface area contributed by atoms with Gasteiger partial charge in [-0.15, -0.1) is 0 Å². The second-order valence-electron chi connectivity index (χ2n) is 7.35. The van der Waals surface area contributed by atoms with Crippen LogP contribution in [0.4, 0.5) is 8.78 Å². The van der Waals surface area contributed by atoms with Gasteiger partial charge in [-0.25, -0.2) is 13.5 Å². The van der Waals surface area contributed by atoms with Crippen LogP contribution in [-0.4, -0.2) is 34.0 Å². The minimum atomic E-state index is -1.06. The summed E-state index contributed by atoms with van der Waals surface area (Å²) in [5, 5.41) is 6.73. The third kappa shape index (κ3) is 5.56. The SMILES string of the molecule is O=C(CNC(=O)c1ccc(F)cc1F)NNC(=O)c1cn(-c2ccccc2)nc1-c1ccccc1. The van der Waals surface area contributed by atoms with E-state index < -0.39 is 41.5 Å². The third-order valence-corrected chi connectivity index (χ3v) is 4.93. The molecule has 0 radical (unpaired) electrons. The standard InChI is InChI=1S/C25H19F2N5O3/c26-17-11-12-19(21(27)13-17)24(34)28-14-22(33)29-30-25(35)20-15-32(18-9-5-2-6-10-18)31-23(20)16-7-3-1-4-8-16/h1-13,15H,14H2,(H,28,34)(H,29,33)(H,30,35). The summed E-state index contributed by atoms with van der Waals surface area (Å²) in [6, 6.07) is 20.7. The van der Waals surface area contributed by atoms with Gasteiger partial charge in [0.2, 0.25) is 0 Å². The van der Waals surface area contributed by atoms with Crippen LogP contribution in [0.5, 0.6) is 0 Å². The molecule has 3 N–H and O–H groups in total. The molecule has 0 aliphatic rings. The smallest absolute Gasteiger partial charge is 0.273 e. The number of halogens is 2. The van der Waals surface area contributed by atoms with Gasteiger partial charge in [-0.3, -0.25) is 25.2 Å². The zero-order valence-corrected chi connectivity index (χ0v) is 18.2. The van der Waals surface area contributed by atoms with E-state index in [-0.39, 0.29) is 5.56 Å². The van der Waals surface area contributed by atoms with E-state index in [9.17, 15) is 23.2 Å². The molecule has 0 aliphatic heterocycles. The van der Waals surface area contributed by atoms with Crippen molar-refractivity contribution >= 4 is 17.7 Å². The normalized spacial score (nSPS) is 10.5. The van der Waals surface area contributed by atoms with Crippen LogP contribution in [0.15, 0.2) is 85.1 Å². The summed E-state index contributed by atoms with van der Waals surface area (Å²) in [5.41, 5.74) is 6.12. The van der Waals surface area contributed by atoms with Gasteiger partial charge in [0.1, 0.15) is 17.3 Å². The molecular weight excluding hydrogens is 456 g/mol. The average Bonchev–Trinajstić information content (AvgIpc) is 3.33. The molecule has 3 aromatic carbocycles. The van der Waals surface area contributed by atoms with Gasteiger partial charge >= 0.3 is 0 Å². The van der Waals surface area contributed by atoms with E-state index in [1.165, 1.54) is 6.20 Å². The van der Waals surface area contributed by atoms with E-state index in [2.05, 4.69) is 21.3 Å². The van der Waals surface area contributed by atoms with E-state index in [1.54, 1.807) is 16.8 Å². The van der Waals surface area contributed by atoms with Crippen molar-refractivity contribution < 1.29 is 23.2 Å². The fourth-order valence-electron chi connectivity index (χ4n) is 3.23. The highest BCUT2D eigenvalue weighted by atomic mass is 19.1. The second-order valence-corrected chi connectivity index (χ2v) is 7.35. The lowest BCUT2D eigenvalue weighted by molar-refractivity contribution is -0.120. The summed E-state index contributed by atoms with van der Waals surface area (Å²) in [7, 11) is 0. The van der Waals surface area contributed by atoms with Gasteiger partial charge in [0, 0.05) is 17.8 Å². The first kappa shape index (κ1) is 23.3. The Morgan fingerprint density at radius 3 is 2.17 bits per heavy atom. The molecule has 1 heterocycles. The number of hydrogen-bond acceptors (Lipinski definition) is 4. The van der Waals surface area contributed by atoms with Gasteiger partial charge in [0.05, 0.1) is 23.4 Å². The number of carbonyl (C=O) groups excluding carboxylic acids is 3. The second kappa shape index (κ2) is 10.4. The van der Waals surface area contributed by atoms with Gasteiger partial charge in [-0.2, -0.15) is 5.10 Å². The molecule has 176 valence electrons. The minimum absolute atomic E-state index is 0.206. The van der Waals surface area contributed by atoms with Crippen molar-refractivity contribution in [2.75, 3.05) is 6.54 Å². The molecule has 4 aromatic rings. The number of nitrogens with zero attached hydrogens (tertiary/aromatic N) is 2. The van der Waals surface area contributed by atoms with Crippen molar-refractivity contribution in [3.63, 3.8) is 0 Å². The molecule has 4 rings (SSSR count). The van der Waals surface area contributed by atoms with E-state index >= 15 is 0 Å². The number of aromatic nitrogens is 2. The van der Waals surface area contributed by atoms with Crippen LogP contribution >= 0.6 is 0 Å². The van der Waals surface area contributed by atoms with Crippen LogP contribution < -0.4 is 16.2 Å². The number of rotatable bonds is 6. The summed E-state index contributed by atoms with van der Waals surface area (Å²) in [6.07, 6.45) is 1.54. The predicted molar refractivity (Wildman–Crippen MR) is 123 cm³/mol. The van der Waals surface area contributed by atoms with E-state index in [0.29, 0.717) is 17.3 Å². The lowest BCUT2D eigenvalue weighted by atomic mass is 10.1. The number of carbonyl (C=O) groups is 3. The lowest BCUT2D eigenvalue weighted by Crippen LogP contribution is -2.46. The fraction of sp³-hybridized carbons (Fsp3) is 0.0400. The molecule has 0 bridgehead atoms. The van der Waals surface area contributed by atoms with E-state index in [4.69, 9.17) is 0 Å². The van der Waals surface area contributed by atoms with Crippen molar-refractivity contribution in [1.29, 1.82) is 0 Å². The fourth-order valence-corrected chi connectivity index (χ4v) is 3.23. The largest absolute Gasteiger partial charge is 0.343 e. The molecular formula is C25H19F2N5O3. The Morgan fingerprint density at radius 1 is 0.800 bits per heavy atom. The Bertz CT molecular complexity index is 1370. The van der Waals surface area contributed by atoms with Gasteiger partial charge < -0.3 is 5.32 Å². The summed E-state index contributed by atoms with van der Waals surface area (Å²) in [6.45, 7) is -0.551. The van der Waals surface area contributed by atoms with Gasteiger partial charge in [-0.05, 0) is 24.3 Å². The summed E-state index contributed by atoms with van der Waals surface area (Å²) in [4.78, 5) is 37.0. The molecule has 8 nitrogen and oxygen atoms in total.